The number of hydrogen-bond acceptors (Lipinski definition) is 2. The van der Waals surface area contributed by atoms with Crippen molar-refractivity contribution in [3.05, 3.63) is 58.2 Å². The van der Waals surface area contributed by atoms with Gasteiger partial charge in [-0.2, -0.15) is 0 Å². The summed E-state index contributed by atoms with van der Waals surface area (Å²) >= 11 is 3.41. The molecule has 0 aliphatic rings. The number of nitrogens with one attached hydrogen (secondary N) is 1. The van der Waals surface area contributed by atoms with E-state index in [9.17, 15) is 4.39 Å². The zero-order valence-electron chi connectivity index (χ0n) is 9.41. The highest BCUT2D eigenvalue weighted by molar-refractivity contribution is 9.10. The second-order valence-corrected chi connectivity index (χ2v) is 4.62. The van der Waals surface area contributed by atoms with Crippen molar-refractivity contribution in [1.82, 2.24) is 5.32 Å². The van der Waals surface area contributed by atoms with Gasteiger partial charge in [-0.1, -0.05) is 18.2 Å². The minimum absolute atomic E-state index is 0.0451. The summed E-state index contributed by atoms with van der Waals surface area (Å²) in [7, 11) is 1.83. The molecule has 0 amide bonds. The molecule has 0 saturated heterocycles. The second kappa shape index (κ2) is 5.47. The molecular formula is C13H13BrFNO. The Balaban J connectivity index is 2.22. The van der Waals surface area contributed by atoms with Crippen LogP contribution < -0.4 is 5.32 Å². The average Bonchev–Trinajstić information content (AvgIpc) is 2.75. The van der Waals surface area contributed by atoms with Crippen molar-refractivity contribution in [2.75, 3.05) is 7.05 Å². The fraction of sp³-hybridized carbons (Fsp3) is 0.231. The van der Waals surface area contributed by atoms with Crippen LogP contribution in [0.2, 0.25) is 0 Å². The fourth-order valence-corrected chi connectivity index (χ4v) is 2.24. The van der Waals surface area contributed by atoms with Gasteiger partial charge >= 0.3 is 0 Å². The number of likely N-dealkylation sites (N-methyl/N-ethyl adjacent to an activating group) is 1. The molecule has 17 heavy (non-hydrogen) atoms. The Kier molecular flexibility index (Phi) is 3.97. The van der Waals surface area contributed by atoms with E-state index >= 15 is 0 Å². The van der Waals surface area contributed by atoms with Crippen LogP contribution in [0.4, 0.5) is 4.39 Å². The van der Waals surface area contributed by atoms with E-state index in [1.165, 1.54) is 6.07 Å². The van der Waals surface area contributed by atoms with Gasteiger partial charge in [0.2, 0.25) is 0 Å². The van der Waals surface area contributed by atoms with Crippen molar-refractivity contribution < 1.29 is 8.81 Å². The van der Waals surface area contributed by atoms with Gasteiger partial charge in [0.1, 0.15) is 11.6 Å². The van der Waals surface area contributed by atoms with Crippen LogP contribution in [0, 0.1) is 5.82 Å². The molecule has 2 rings (SSSR count). The van der Waals surface area contributed by atoms with Gasteiger partial charge in [-0.05, 0) is 47.1 Å². The van der Waals surface area contributed by atoms with E-state index in [0.717, 1.165) is 10.2 Å². The molecule has 4 heteroatoms. The van der Waals surface area contributed by atoms with E-state index in [0.29, 0.717) is 12.0 Å². The number of furan rings is 1. The minimum atomic E-state index is -0.185. The first-order valence-corrected chi connectivity index (χ1v) is 6.15. The van der Waals surface area contributed by atoms with E-state index in [2.05, 4.69) is 21.2 Å². The third-order valence-electron chi connectivity index (χ3n) is 2.69. The van der Waals surface area contributed by atoms with Crippen molar-refractivity contribution in [3.8, 4) is 0 Å². The van der Waals surface area contributed by atoms with Gasteiger partial charge < -0.3 is 9.73 Å². The monoisotopic (exact) mass is 297 g/mol. The lowest BCUT2D eigenvalue weighted by Gasteiger charge is -2.14. The summed E-state index contributed by atoms with van der Waals surface area (Å²) in [4.78, 5) is 0. The maximum Gasteiger partial charge on any atom is 0.135 e. The number of rotatable bonds is 4. The predicted molar refractivity (Wildman–Crippen MR) is 68.3 cm³/mol. The van der Waals surface area contributed by atoms with Crippen molar-refractivity contribution in [2.24, 2.45) is 0 Å². The smallest absolute Gasteiger partial charge is 0.135 e. The van der Waals surface area contributed by atoms with E-state index < -0.39 is 0 Å². The van der Waals surface area contributed by atoms with Crippen LogP contribution >= 0.6 is 15.9 Å². The summed E-state index contributed by atoms with van der Waals surface area (Å²) in [5.41, 5.74) is 0.676. The highest BCUT2D eigenvalue weighted by Crippen LogP contribution is 2.27. The zero-order valence-corrected chi connectivity index (χ0v) is 11.0. The van der Waals surface area contributed by atoms with Gasteiger partial charge in [0.25, 0.3) is 0 Å². The first kappa shape index (κ1) is 12.3. The molecular weight excluding hydrogens is 285 g/mol. The van der Waals surface area contributed by atoms with E-state index in [1.54, 1.807) is 18.4 Å². The van der Waals surface area contributed by atoms with Crippen LogP contribution in [0.3, 0.4) is 0 Å². The quantitative estimate of drug-likeness (QED) is 0.931. The Hall–Kier alpha value is -1.13. The maximum absolute atomic E-state index is 13.6. The van der Waals surface area contributed by atoms with Gasteiger partial charge in [0.15, 0.2) is 0 Å². The highest BCUT2D eigenvalue weighted by Gasteiger charge is 2.17. The Bertz CT molecular complexity index is 498. The van der Waals surface area contributed by atoms with Crippen molar-refractivity contribution >= 4 is 15.9 Å². The Labute approximate surface area is 108 Å². The Morgan fingerprint density at radius 3 is 2.71 bits per heavy atom. The van der Waals surface area contributed by atoms with Gasteiger partial charge in [-0.15, -0.1) is 0 Å². The summed E-state index contributed by atoms with van der Waals surface area (Å²) in [6.45, 7) is 0. The summed E-state index contributed by atoms with van der Waals surface area (Å²) in [5, 5.41) is 3.13. The molecule has 1 unspecified atom stereocenters. The molecule has 0 saturated carbocycles. The van der Waals surface area contributed by atoms with Crippen LogP contribution in [-0.2, 0) is 6.42 Å². The first-order chi connectivity index (χ1) is 8.22. The van der Waals surface area contributed by atoms with Crippen molar-refractivity contribution in [3.63, 3.8) is 0 Å². The Morgan fingerprint density at radius 1 is 1.35 bits per heavy atom. The van der Waals surface area contributed by atoms with Gasteiger partial charge in [-0.25, -0.2) is 4.39 Å². The number of halogens is 2. The molecule has 2 nitrogen and oxygen atoms in total. The molecule has 1 aromatic heterocycles. The molecule has 0 aliphatic heterocycles. The molecule has 90 valence electrons. The third kappa shape index (κ3) is 2.76. The first-order valence-electron chi connectivity index (χ1n) is 5.36. The van der Waals surface area contributed by atoms with Crippen LogP contribution in [0.25, 0.3) is 0 Å². The standard InChI is InChI=1S/C13H13BrFNO/c1-16-12(13-10(14)6-7-17-13)8-9-4-2-3-5-11(9)15/h2-7,12,16H,8H2,1H3. The minimum Gasteiger partial charge on any atom is -0.466 e. The lowest BCUT2D eigenvalue weighted by Crippen LogP contribution is -2.19. The van der Waals surface area contributed by atoms with Gasteiger partial charge in [0.05, 0.1) is 16.8 Å². The molecule has 1 aromatic carbocycles. The molecule has 2 aromatic rings. The van der Waals surface area contributed by atoms with Crippen LogP contribution in [-0.4, -0.2) is 7.05 Å². The van der Waals surface area contributed by atoms with Crippen LogP contribution in [0.1, 0.15) is 17.4 Å². The van der Waals surface area contributed by atoms with Crippen molar-refractivity contribution in [1.29, 1.82) is 0 Å². The molecule has 1 heterocycles. The second-order valence-electron chi connectivity index (χ2n) is 3.77. The van der Waals surface area contributed by atoms with Crippen molar-refractivity contribution in [2.45, 2.75) is 12.5 Å². The van der Waals surface area contributed by atoms with E-state index in [4.69, 9.17) is 4.42 Å². The molecule has 0 spiro atoms. The zero-order chi connectivity index (χ0) is 12.3. The van der Waals surface area contributed by atoms with Gasteiger partial charge in [-0.3, -0.25) is 0 Å². The molecule has 0 bridgehead atoms. The van der Waals surface area contributed by atoms with E-state index in [-0.39, 0.29) is 11.9 Å². The summed E-state index contributed by atoms with van der Waals surface area (Å²) in [5.74, 6) is 0.603. The Morgan fingerprint density at radius 2 is 2.12 bits per heavy atom. The maximum atomic E-state index is 13.6. The summed E-state index contributed by atoms with van der Waals surface area (Å²) < 4.78 is 19.9. The normalized spacial score (nSPS) is 12.6. The number of benzene rings is 1. The lowest BCUT2D eigenvalue weighted by atomic mass is 10.0. The summed E-state index contributed by atoms with van der Waals surface area (Å²) in [6, 6.07) is 8.58. The topological polar surface area (TPSA) is 25.2 Å². The predicted octanol–water partition coefficient (Wildman–Crippen LogP) is 3.68. The molecule has 0 fully saturated rings. The molecule has 1 N–H and O–H groups in total. The van der Waals surface area contributed by atoms with E-state index in [1.807, 2.05) is 19.2 Å². The van der Waals surface area contributed by atoms with Gasteiger partial charge in [0, 0.05) is 0 Å². The fourth-order valence-electron chi connectivity index (χ4n) is 1.76. The molecule has 0 radical (unpaired) electrons. The van der Waals surface area contributed by atoms with Crippen LogP contribution in [0.5, 0.6) is 0 Å². The third-order valence-corrected chi connectivity index (χ3v) is 3.35. The van der Waals surface area contributed by atoms with Crippen LogP contribution in [0.15, 0.2) is 45.5 Å². The summed E-state index contributed by atoms with van der Waals surface area (Å²) in [6.07, 6.45) is 2.17. The average molecular weight is 298 g/mol. The SMILES string of the molecule is CNC(Cc1ccccc1F)c1occc1Br. The highest BCUT2D eigenvalue weighted by atomic mass is 79.9. The lowest BCUT2D eigenvalue weighted by molar-refractivity contribution is 0.423. The number of hydrogen-bond donors (Lipinski definition) is 1. The largest absolute Gasteiger partial charge is 0.466 e. The molecule has 1 atom stereocenters. The molecule has 0 aliphatic carbocycles.